The largest absolute Gasteiger partial charge is 0.508 e. The fourth-order valence-corrected chi connectivity index (χ4v) is 1.88. The smallest absolute Gasteiger partial charge is 0.176 e. The van der Waals surface area contributed by atoms with Crippen molar-refractivity contribution in [3.05, 3.63) is 42.0 Å². The molecule has 2 aromatic carbocycles. The Labute approximate surface area is 102 Å². The average Bonchev–Trinajstić information content (AvgIpc) is 2.27. The fourth-order valence-electron chi connectivity index (χ4n) is 1.62. The van der Waals surface area contributed by atoms with Gasteiger partial charge in [0.2, 0.25) is 0 Å². The molecular formula is C13H11BrO2. The van der Waals surface area contributed by atoms with Gasteiger partial charge in [0.15, 0.2) is 5.78 Å². The van der Waals surface area contributed by atoms with Gasteiger partial charge in [-0.2, -0.15) is 0 Å². The first-order valence-electron chi connectivity index (χ1n) is 4.99. The van der Waals surface area contributed by atoms with Crippen molar-refractivity contribution in [1.29, 1.82) is 0 Å². The van der Waals surface area contributed by atoms with E-state index in [2.05, 4.69) is 15.9 Å². The van der Waals surface area contributed by atoms with Gasteiger partial charge in [-0.05, 0) is 35.9 Å². The summed E-state index contributed by atoms with van der Waals surface area (Å²) in [6.45, 7) is 1.81. The Morgan fingerprint density at radius 2 is 1.81 bits per heavy atom. The summed E-state index contributed by atoms with van der Waals surface area (Å²) in [7, 11) is 0. The quantitative estimate of drug-likeness (QED) is 0.674. The van der Waals surface area contributed by atoms with Crippen LogP contribution in [-0.2, 0) is 0 Å². The molecule has 0 amide bonds. The van der Waals surface area contributed by atoms with Crippen LogP contribution in [-0.4, -0.2) is 15.7 Å². The zero-order valence-corrected chi connectivity index (χ0v) is 10.4. The number of benzene rings is 2. The van der Waals surface area contributed by atoms with Crippen LogP contribution in [0, 0.1) is 0 Å². The number of Topliss-reactive ketones (excluding diaryl/α,β-unsaturated/α-hetero) is 1. The Morgan fingerprint density at radius 1 is 1.19 bits per heavy atom. The van der Waals surface area contributed by atoms with E-state index in [1.807, 2.05) is 19.1 Å². The van der Waals surface area contributed by atoms with Gasteiger partial charge in [-0.25, -0.2) is 0 Å². The second-order valence-electron chi connectivity index (χ2n) is 3.73. The molecule has 1 unspecified atom stereocenters. The normalized spacial score (nSPS) is 12.6. The van der Waals surface area contributed by atoms with Crippen molar-refractivity contribution in [3.63, 3.8) is 0 Å². The SMILES string of the molecule is CC(Br)C(=O)c1ccc2cc(O)ccc2c1. The molecule has 0 saturated heterocycles. The predicted molar refractivity (Wildman–Crippen MR) is 68.3 cm³/mol. The van der Waals surface area contributed by atoms with Crippen LogP contribution < -0.4 is 0 Å². The van der Waals surface area contributed by atoms with Gasteiger partial charge in [-0.15, -0.1) is 0 Å². The number of halogens is 1. The summed E-state index contributed by atoms with van der Waals surface area (Å²) in [4.78, 5) is 11.6. The Morgan fingerprint density at radius 3 is 2.50 bits per heavy atom. The lowest BCUT2D eigenvalue weighted by Gasteiger charge is -2.05. The van der Waals surface area contributed by atoms with Gasteiger partial charge < -0.3 is 5.11 Å². The van der Waals surface area contributed by atoms with Gasteiger partial charge in [0, 0.05) is 5.56 Å². The second kappa shape index (κ2) is 4.26. The number of ketones is 1. The molecule has 2 aromatic rings. The van der Waals surface area contributed by atoms with Crippen molar-refractivity contribution in [3.8, 4) is 5.75 Å². The number of fused-ring (bicyclic) bond motifs is 1. The number of phenols is 1. The minimum Gasteiger partial charge on any atom is -0.508 e. The first kappa shape index (κ1) is 11.1. The molecule has 2 nitrogen and oxygen atoms in total. The molecule has 1 N–H and O–H groups in total. The number of alkyl halides is 1. The van der Waals surface area contributed by atoms with E-state index < -0.39 is 0 Å². The van der Waals surface area contributed by atoms with Crippen molar-refractivity contribution >= 4 is 32.5 Å². The van der Waals surface area contributed by atoms with Crippen molar-refractivity contribution in [1.82, 2.24) is 0 Å². The summed E-state index contributed by atoms with van der Waals surface area (Å²) in [5, 5.41) is 11.2. The molecule has 1 atom stereocenters. The monoisotopic (exact) mass is 278 g/mol. The van der Waals surface area contributed by atoms with E-state index in [0.29, 0.717) is 5.56 Å². The molecule has 0 spiro atoms. The number of phenolic OH excluding ortho intramolecular Hbond substituents is 1. The van der Waals surface area contributed by atoms with Crippen LogP contribution >= 0.6 is 15.9 Å². The molecule has 0 aliphatic carbocycles. The summed E-state index contributed by atoms with van der Waals surface area (Å²) in [5.74, 6) is 0.301. The molecule has 0 fully saturated rings. The van der Waals surface area contributed by atoms with Crippen LogP contribution in [0.4, 0.5) is 0 Å². The first-order chi connectivity index (χ1) is 7.58. The Balaban J connectivity index is 2.52. The molecular weight excluding hydrogens is 268 g/mol. The minimum absolute atomic E-state index is 0.0648. The minimum atomic E-state index is -0.179. The van der Waals surface area contributed by atoms with Crippen molar-refractivity contribution in [2.75, 3.05) is 0 Å². The number of carbonyl (C=O) groups excluding carboxylic acids is 1. The van der Waals surface area contributed by atoms with Crippen LogP contribution in [0.5, 0.6) is 5.75 Å². The van der Waals surface area contributed by atoms with E-state index in [1.165, 1.54) is 0 Å². The standard InChI is InChI=1S/C13H11BrO2/c1-8(14)13(16)11-3-2-10-7-12(15)5-4-9(10)6-11/h2-8,15H,1H3. The molecule has 0 aromatic heterocycles. The number of hydrogen-bond donors (Lipinski definition) is 1. The van der Waals surface area contributed by atoms with Gasteiger partial charge in [-0.1, -0.05) is 34.1 Å². The molecule has 0 heterocycles. The maximum absolute atomic E-state index is 11.8. The third-order valence-corrected chi connectivity index (χ3v) is 2.89. The van der Waals surface area contributed by atoms with Gasteiger partial charge in [-0.3, -0.25) is 4.79 Å². The highest BCUT2D eigenvalue weighted by Crippen LogP contribution is 2.22. The Kier molecular flexibility index (Phi) is 2.97. The predicted octanol–water partition coefficient (Wildman–Crippen LogP) is 3.51. The van der Waals surface area contributed by atoms with Crippen molar-refractivity contribution < 1.29 is 9.90 Å². The van der Waals surface area contributed by atoms with E-state index >= 15 is 0 Å². The number of carbonyl (C=O) groups is 1. The van der Waals surface area contributed by atoms with Crippen LogP contribution in [0.1, 0.15) is 17.3 Å². The third-order valence-electron chi connectivity index (χ3n) is 2.47. The highest BCUT2D eigenvalue weighted by molar-refractivity contribution is 9.10. The van der Waals surface area contributed by atoms with Crippen molar-refractivity contribution in [2.45, 2.75) is 11.8 Å². The second-order valence-corrected chi connectivity index (χ2v) is 5.10. The van der Waals surface area contributed by atoms with E-state index in [1.54, 1.807) is 24.3 Å². The van der Waals surface area contributed by atoms with E-state index in [0.717, 1.165) is 10.8 Å². The Bertz CT molecular complexity index is 547. The maximum atomic E-state index is 11.8. The molecule has 0 aliphatic rings. The van der Waals surface area contributed by atoms with Crippen LogP contribution in [0.2, 0.25) is 0 Å². The number of aromatic hydroxyl groups is 1. The van der Waals surface area contributed by atoms with Crippen LogP contribution in [0.25, 0.3) is 10.8 Å². The molecule has 0 saturated carbocycles. The highest BCUT2D eigenvalue weighted by Gasteiger charge is 2.11. The first-order valence-corrected chi connectivity index (χ1v) is 5.90. The number of hydrogen-bond acceptors (Lipinski definition) is 2. The van der Waals surface area contributed by atoms with E-state index in [4.69, 9.17) is 0 Å². The molecule has 2 rings (SSSR count). The van der Waals surface area contributed by atoms with Crippen LogP contribution in [0.15, 0.2) is 36.4 Å². The molecule has 3 heteroatoms. The molecule has 0 bridgehead atoms. The topological polar surface area (TPSA) is 37.3 Å². The van der Waals surface area contributed by atoms with Crippen molar-refractivity contribution in [2.24, 2.45) is 0 Å². The van der Waals surface area contributed by atoms with Gasteiger partial charge >= 0.3 is 0 Å². The highest BCUT2D eigenvalue weighted by atomic mass is 79.9. The molecule has 0 radical (unpaired) electrons. The molecule has 82 valence electrons. The van der Waals surface area contributed by atoms with Gasteiger partial charge in [0.05, 0.1) is 4.83 Å². The zero-order valence-electron chi connectivity index (χ0n) is 8.77. The summed E-state index contributed by atoms with van der Waals surface area (Å²) in [6.07, 6.45) is 0. The molecule has 16 heavy (non-hydrogen) atoms. The maximum Gasteiger partial charge on any atom is 0.176 e. The summed E-state index contributed by atoms with van der Waals surface area (Å²) in [6, 6.07) is 10.6. The van der Waals surface area contributed by atoms with E-state index in [9.17, 15) is 9.90 Å². The number of rotatable bonds is 2. The zero-order chi connectivity index (χ0) is 11.7. The summed E-state index contributed by atoms with van der Waals surface area (Å²) >= 11 is 3.26. The lowest BCUT2D eigenvalue weighted by molar-refractivity contribution is 0.0996. The third kappa shape index (κ3) is 2.09. The van der Waals surface area contributed by atoms with E-state index in [-0.39, 0.29) is 16.4 Å². The lowest BCUT2D eigenvalue weighted by Crippen LogP contribution is -2.09. The van der Waals surface area contributed by atoms with Gasteiger partial charge in [0.1, 0.15) is 5.75 Å². The molecule has 0 aliphatic heterocycles. The summed E-state index contributed by atoms with van der Waals surface area (Å²) < 4.78 is 0. The summed E-state index contributed by atoms with van der Waals surface area (Å²) in [5.41, 5.74) is 0.683. The Hall–Kier alpha value is -1.35. The van der Waals surface area contributed by atoms with Gasteiger partial charge in [0.25, 0.3) is 0 Å². The fraction of sp³-hybridized carbons (Fsp3) is 0.154. The van der Waals surface area contributed by atoms with Crippen LogP contribution in [0.3, 0.4) is 0 Å². The lowest BCUT2D eigenvalue weighted by atomic mass is 10.0. The average molecular weight is 279 g/mol.